The van der Waals surface area contributed by atoms with Crippen LogP contribution >= 0.6 is 0 Å². The predicted octanol–water partition coefficient (Wildman–Crippen LogP) is 2.88. The minimum atomic E-state index is -0.833. The first-order valence-electron chi connectivity index (χ1n) is 10.5. The largest absolute Gasteiger partial charge is 0.292 e. The first-order chi connectivity index (χ1) is 15.3. The van der Waals surface area contributed by atoms with E-state index in [1.165, 1.54) is 42.5 Å². The van der Waals surface area contributed by atoms with Crippen molar-refractivity contribution in [2.45, 2.75) is 31.8 Å². The van der Waals surface area contributed by atoms with Gasteiger partial charge in [-0.1, -0.05) is 0 Å². The van der Waals surface area contributed by atoms with Crippen molar-refractivity contribution in [3.63, 3.8) is 0 Å². The molecule has 32 heavy (non-hydrogen) atoms. The lowest BCUT2D eigenvalue weighted by Gasteiger charge is -2.28. The smallest absolute Gasteiger partial charge is 0.269 e. The van der Waals surface area contributed by atoms with Crippen molar-refractivity contribution in [2.75, 3.05) is 11.4 Å². The number of rotatable bonds is 4. The average Bonchev–Trinajstić information content (AvgIpc) is 3.40. The van der Waals surface area contributed by atoms with Gasteiger partial charge >= 0.3 is 0 Å². The summed E-state index contributed by atoms with van der Waals surface area (Å²) < 4.78 is 13.4. The van der Waals surface area contributed by atoms with E-state index in [1.54, 1.807) is 6.92 Å². The van der Waals surface area contributed by atoms with Crippen molar-refractivity contribution in [2.24, 2.45) is 11.8 Å². The molecule has 4 unspecified atom stereocenters. The zero-order valence-corrected chi connectivity index (χ0v) is 17.2. The number of Topliss-reactive ketones (excluding diaryl/α,β-unsaturated/α-hetero) is 1. The molecule has 0 aromatic heterocycles. The second-order valence-corrected chi connectivity index (χ2v) is 8.55. The molecule has 2 aromatic rings. The van der Waals surface area contributed by atoms with E-state index in [0.29, 0.717) is 29.8 Å². The zero-order valence-electron chi connectivity index (χ0n) is 17.2. The monoisotopic (exact) mass is 437 g/mol. The molecule has 3 saturated heterocycles. The number of imide groups is 1. The summed E-state index contributed by atoms with van der Waals surface area (Å²) in [6, 6.07) is 8.20. The van der Waals surface area contributed by atoms with Crippen LogP contribution in [0.1, 0.15) is 28.8 Å². The third kappa shape index (κ3) is 2.88. The van der Waals surface area contributed by atoms with E-state index in [1.807, 2.05) is 4.90 Å². The van der Waals surface area contributed by atoms with Crippen LogP contribution in [0.25, 0.3) is 0 Å². The maximum absolute atomic E-state index is 13.5. The van der Waals surface area contributed by atoms with Crippen LogP contribution in [-0.4, -0.2) is 46.0 Å². The molecule has 3 aliphatic heterocycles. The van der Waals surface area contributed by atoms with E-state index in [-0.39, 0.29) is 23.4 Å². The Hall–Kier alpha value is -3.46. The first kappa shape index (κ1) is 20.4. The maximum Gasteiger partial charge on any atom is 0.269 e. The Morgan fingerprint density at radius 1 is 1.09 bits per heavy atom. The van der Waals surface area contributed by atoms with E-state index in [4.69, 9.17) is 0 Å². The van der Waals surface area contributed by atoms with Gasteiger partial charge in [0.1, 0.15) is 5.82 Å². The van der Waals surface area contributed by atoms with Crippen LogP contribution in [0.5, 0.6) is 0 Å². The van der Waals surface area contributed by atoms with Crippen LogP contribution in [-0.2, 0) is 9.59 Å². The molecule has 2 aromatic carbocycles. The second-order valence-electron chi connectivity index (χ2n) is 8.55. The van der Waals surface area contributed by atoms with E-state index in [2.05, 4.69) is 0 Å². The molecule has 0 saturated carbocycles. The number of nitro benzene ring substituents is 1. The van der Waals surface area contributed by atoms with Gasteiger partial charge in [-0.15, -0.1) is 0 Å². The molecular weight excluding hydrogens is 417 g/mol. The molecule has 3 heterocycles. The molecule has 3 fully saturated rings. The summed E-state index contributed by atoms with van der Waals surface area (Å²) >= 11 is 0. The molecule has 9 heteroatoms. The van der Waals surface area contributed by atoms with Gasteiger partial charge in [0.25, 0.3) is 5.69 Å². The highest BCUT2D eigenvalue weighted by Crippen LogP contribution is 2.49. The summed E-state index contributed by atoms with van der Waals surface area (Å²) in [7, 11) is 0. The SMILES string of the molecule is Cc1cc([N+](=O)[O-])ccc1N1C(=O)C2C(C1=O)C(C(=O)c1ccc(F)cc1)N1CCCC21. The minimum Gasteiger partial charge on any atom is -0.292 e. The van der Waals surface area contributed by atoms with Crippen LogP contribution in [0.4, 0.5) is 15.8 Å². The van der Waals surface area contributed by atoms with Crippen molar-refractivity contribution in [1.29, 1.82) is 0 Å². The van der Waals surface area contributed by atoms with Gasteiger partial charge in [-0.3, -0.25) is 29.4 Å². The standard InChI is InChI=1S/C23H20FN3O5/c1-12-11-15(27(31)32)8-9-16(12)26-22(29)18-17-3-2-10-25(17)20(19(18)23(26)30)21(28)13-4-6-14(24)7-5-13/h4-9,11,17-20H,2-3,10H2,1H3. The second kappa shape index (κ2) is 7.30. The van der Waals surface area contributed by atoms with Crippen molar-refractivity contribution < 1.29 is 23.7 Å². The number of non-ortho nitro benzene ring substituents is 1. The highest BCUT2D eigenvalue weighted by atomic mass is 19.1. The van der Waals surface area contributed by atoms with Crippen LogP contribution in [0, 0.1) is 34.7 Å². The molecule has 4 atom stereocenters. The number of nitrogens with zero attached hydrogens (tertiary/aromatic N) is 3. The van der Waals surface area contributed by atoms with Gasteiger partial charge in [0, 0.05) is 23.7 Å². The van der Waals surface area contributed by atoms with Gasteiger partial charge in [-0.2, -0.15) is 0 Å². The summed E-state index contributed by atoms with van der Waals surface area (Å²) in [5.41, 5.74) is 0.910. The Morgan fingerprint density at radius 3 is 2.44 bits per heavy atom. The third-order valence-electron chi connectivity index (χ3n) is 6.88. The van der Waals surface area contributed by atoms with Crippen molar-refractivity contribution in [3.05, 3.63) is 69.5 Å². The molecule has 0 N–H and O–H groups in total. The Balaban J connectivity index is 1.54. The van der Waals surface area contributed by atoms with Crippen molar-refractivity contribution in [1.82, 2.24) is 4.90 Å². The summed E-state index contributed by atoms with van der Waals surface area (Å²) in [4.78, 5) is 54.0. The quantitative estimate of drug-likeness (QED) is 0.316. The molecule has 0 bridgehead atoms. The fraction of sp³-hybridized carbons (Fsp3) is 0.348. The number of ketones is 1. The normalized spacial score (nSPS) is 27.0. The summed E-state index contributed by atoms with van der Waals surface area (Å²) in [5.74, 6) is -3.08. The number of hydrogen-bond acceptors (Lipinski definition) is 6. The number of carbonyl (C=O) groups is 3. The topological polar surface area (TPSA) is 101 Å². The Kier molecular flexibility index (Phi) is 4.67. The predicted molar refractivity (Wildman–Crippen MR) is 112 cm³/mol. The van der Waals surface area contributed by atoms with Gasteiger partial charge in [0.05, 0.1) is 28.5 Å². The van der Waals surface area contributed by atoms with E-state index in [9.17, 15) is 28.9 Å². The molecule has 3 aliphatic rings. The maximum atomic E-state index is 13.5. The number of benzene rings is 2. The Labute approximate surface area is 182 Å². The summed E-state index contributed by atoms with van der Waals surface area (Å²) in [6.07, 6.45) is 1.53. The summed E-state index contributed by atoms with van der Waals surface area (Å²) in [5, 5.41) is 11.1. The lowest BCUT2D eigenvalue weighted by atomic mass is 9.85. The minimum absolute atomic E-state index is 0.128. The first-order valence-corrected chi connectivity index (χ1v) is 10.5. The molecule has 0 aliphatic carbocycles. The number of aryl methyl sites for hydroxylation is 1. The van der Waals surface area contributed by atoms with Crippen molar-refractivity contribution in [3.8, 4) is 0 Å². The number of hydrogen-bond donors (Lipinski definition) is 0. The Morgan fingerprint density at radius 2 is 1.78 bits per heavy atom. The van der Waals surface area contributed by atoms with Gasteiger partial charge in [0.15, 0.2) is 5.78 Å². The number of fused-ring (bicyclic) bond motifs is 3. The van der Waals surface area contributed by atoms with Gasteiger partial charge < -0.3 is 0 Å². The number of amides is 2. The fourth-order valence-corrected chi connectivity index (χ4v) is 5.54. The van der Waals surface area contributed by atoms with E-state index >= 15 is 0 Å². The van der Waals surface area contributed by atoms with Crippen LogP contribution in [0.15, 0.2) is 42.5 Å². The number of anilines is 1. The van der Waals surface area contributed by atoms with E-state index in [0.717, 1.165) is 11.3 Å². The molecule has 164 valence electrons. The Bertz CT molecular complexity index is 1160. The zero-order chi connectivity index (χ0) is 22.7. The van der Waals surface area contributed by atoms with Gasteiger partial charge in [0.2, 0.25) is 11.8 Å². The average molecular weight is 437 g/mol. The molecule has 0 spiro atoms. The number of nitro groups is 1. The fourth-order valence-electron chi connectivity index (χ4n) is 5.54. The van der Waals surface area contributed by atoms with Crippen LogP contribution in [0.2, 0.25) is 0 Å². The van der Waals surface area contributed by atoms with Gasteiger partial charge in [-0.05, 0) is 62.2 Å². The number of halogens is 1. The molecular formula is C23H20FN3O5. The molecule has 2 amide bonds. The summed E-state index contributed by atoms with van der Waals surface area (Å²) in [6.45, 7) is 2.23. The highest BCUT2D eigenvalue weighted by molar-refractivity contribution is 6.24. The molecule has 0 radical (unpaired) electrons. The van der Waals surface area contributed by atoms with Crippen molar-refractivity contribution >= 4 is 29.0 Å². The lowest BCUT2D eigenvalue weighted by molar-refractivity contribution is -0.384. The third-order valence-corrected chi connectivity index (χ3v) is 6.88. The molecule has 5 rings (SSSR count). The van der Waals surface area contributed by atoms with Crippen LogP contribution < -0.4 is 4.90 Å². The van der Waals surface area contributed by atoms with Gasteiger partial charge in [-0.25, -0.2) is 9.29 Å². The highest BCUT2D eigenvalue weighted by Gasteiger charge is 2.64. The lowest BCUT2D eigenvalue weighted by Crippen LogP contribution is -2.46. The molecule has 8 nitrogen and oxygen atoms in total. The van der Waals surface area contributed by atoms with Crippen LogP contribution in [0.3, 0.4) is 0 Å². The number of carbonyl (C=O) groups excluding carboxylic acids is 3. The van der Waals surface area contributed by atoms with E-state index < -0.39 is 34.5 Å².